The number of imidazole rings is 1. The summed E-state index contributed by atoms with van der Waals surface area (Å²) in [5.74, 6) is 2.70. The Morgan fingerprint density at radius 3 is 2.80 bits per heavy atom. The molecule has 2 atom stereocenters. The molecule has 0 fully saturated rings. The molecular weight excluding hydrogens is 320 g/mol. The summed E-state index contributed by atoms with van der Waals surface area (Å²) in [7, 11) is 1.55. The van der Waals surface area contributed by atoms with Crippen molar-refractivity contribution >= 4 is 0 Å². The molecule has 3 aromatic rings. The molecule has 0 saturated carbocycles. The van der Waals surface area contributed by atoms with Crippen molar-refractivity contribution in [2.45, 2.75) is 33.2 Å². The first kappa shape index (κ1) is 15.7. The second kappa shape index (κ2) is 6.27. The Morgan fingerprint density at radius 2 is 2.04 bits per heavy atom. The molecule has 0 saturated heterocycles. The van der Waals surface area contributed by atoms with Crippen molar-refractivity contribution in [3.05, 3.63) is 35.7 Å². The molecule has 25 heavy (non-hydrogen) atoms. The Labute approximate surface area is 145 Å². The van der Waals surface area contributed by atoms with Gasteiger partial charge in [0.15, 0.2) is 0 Å². The van der Waals surface area contributed by atoms with Crippen molar-refractivity contribution < 1.29 is 9.26 Å². The summed E-state index contributed by atoms with van der Waals surface area (Å²) in [5, 5.41) is 12.0. The molecule has 0 amide bonds. The molecule has 1 aliphatic rings. The minimum absolute atomic E-state index is 0.418. The Bertz CT molecular complexity index is 870. The van der Waals surface area contributed by atoms with Crippen LogP contribution in [0.5, 0.6) is 5.88 Å². The van der Waals surface area contributed by atoms with Crippen LogP contribution in [0.1, 0.15) is 31.1 Å². The highest BCUT2D eigenvalue weighted by Crippen LogP contribution is 2.29. The first-order valence-corrected chi connectivity index (χ1v) is 8.37. The molecule has 3 heterocycles. The summed E-state index contributed by atoms with van der Waals surface area (Å²) < 4.78 is 12.5. The molecule has 130 valence electrons. The van der Waals surface area contributed by atoms with E-state index in [1.54, 1.807) is 19.2 Å². The van der Waals surface area contributed by atoms with Gasteiger partial charge >= 0.3 is 0 Å². The number of aromatic nitrogens is 6. The molecule has 0 radical (unpaired) electrons. The van der Waals surface area contributed by atoms with Crippen LogP contribution in [0, 0.1) is 11.8 Å². The van der Waals surface area contributed by atoms with Gasteiger partial charge in [0.2, 0.25) is 17.6 Å². The van der Waals surface area contributed by atoms with Crippen molar-refractivity contribution in [2.75, 3.05) is 7.11 Å². The van der Waals surface area contributed by atoms with E-state index in [4.69, 9.17) is 9.26 Å². The summed E-state index contributed by atoms with van der Waals surface area (Å²) in [6, 6.07) is 3.47. The molecule has 0 aromatic carbocycles. The zero-order valence-corrected chi connectivity index (χ0v) is 14.5. The Morgan fingerprint density at radius 1 is 1.20 bits per heavy atom. The summed E-state index contributed by atoms with van der Waals surface area (Å²) in [4.78, 5) is 8.98. The second-order valence-corrected chi connectivity index (χ2v) is 6.60. The zero-order chi connectivity index (χ0) is 17.4. The zero-order valence-electron chi connectivity index (χ0n) is 14.5. The quantitative estimate of drug-likeness (QED) is 0.718. The fraction of sp³-hybridized carbons (Fsp3) is 0.471. The van der Waals surface area contributed by atoms with Crippen molar-refractivity contribution in [2.24, 2.45) is 11.8 Å². The van der Waals surface area contributed by atoms with Crippen molar-refractivity contribution in [3.8, 4) is 17.4 Å². The SMILES string of the molecule is COc1ccc(-c2noc(Cn3cnc4c3CC(C)C(C)C4)n2)nn1. The van der Waals surface area contributed by atoms with Crippen LogP contribution in [0.4, 0.5) is 0 Å². The number of hydrogen-bond donors (Lipinski definition) is 0. The van der Waals surface area contributed by atoms with Gasteiger partial charge in [-0.25, -0.2) is 4.98 Å². The maximum atomic E-state index is 5.38. The molecule has 8 heteroatoms. The van der Waals surface area contributed by atoms with Gasteiger partial charge in [-0.3, -0.25) is 0 Å². The van der Waals surface area contributed by atoms with E-state index < -0.39 is 0 Å². The molecule has 2 unspecified atom stereocenters. The van der Waals surface area contributed by atoms with Gasteiger partial charge in [0.05, 0.1) is 19.1 Å². The van der Waals surface area contributed by atoms with E-state index in [1.807, 2.05) is 6.33 Å². The van der Waals surface area contributed by atoms with Gasteiger partial charge in [-0.1, -0.05) is 19.0 Å². The standard InChI is InChI=1S/C17H20N6O2/c1-10-6-13-14(7-11(10)2)23(9-18-13)8-16-19-17(22-25-16)12-4-5-15(24-3)21-20-12/h4-5,9-11H,6-8H2,1-3H3. The first-order chi connectivity index (χ1) is 12.1. The topological polar surface area (TPSA) is 91.8 Å². The van der Waals surface area contributed by atoms with E-state index in [-0.39, 0.29) is 0 Å². The van der Waals surface area contributed by atoms with E-state index >= 15 is 0 Å². The van der Waals surface area contributed by atoms with Crippen molar-refractivity contribution in [1.29, 1.82) is 0 Å². The van der Waals surface area contributed by atoms with Crippen LogP contribution in [0.2, 0.25) is 0 Å². The van der Waals surface area contributed by atoms with Crippen LogP contribution in [0.3, 0.4) is 0 Å². The number of fused-ring (bicyclic) bond motifs is 1. The lowest BCUT2D eigenvalue weighted by Gasteiger charge is -2.25. The normalized spacial score (nSPS) is 19.6. The van der Waals surface area contributed by atoms with Gasteiger partial charge in [-0.15, -0.1) is 10.2 Å². The van der Waals surface area contributed by atoms with Gasteiger partial charge < -0.3 is 13.8 Å². The van der Waals surface area contributed by atoms with E-state index in [0.717, 1.165) is 12.8 Å². The van der Waals surface area contributed by atoms with Crippen LogP contribution in [0.25, 0.3) is 11.5 Å². The molecule has 0 bridgehead atoms. The average Bonchev–Trinajstić information content (AvgIpc) is 3.24. The molecule has 0 N–H and O–H groups in total. The van der Waals surface area contributed by atoms with E-state index in [1.165, 1.54) is 11.4 Å². The molecule has 0 spiro atoms. The van der Waals surface area contributed by atoms with Gasteiger partial charge in [0.25, 0.3) is 0 Å². The molecule has 4 rings (SSSR count). The third-order valence-corrected chi connectivity index (χ3v) is 4.89. The Hall–Kier alpha value is -2.77. The molecule has 3 aromatic heterocycles. The van der Waals surface area contributed by atoms with E-state index in [2.05, 4.69) is 43.7 Å². The maximum absolute atomic E-state index is 5.38. The largest absolute Gasteiger partial charge is 0.480 e. The molecule has 0 aliphatic heterocycles. The minimum atomic E-state index is 0.418. The van der Waals surface area contributed by atoms with E-state index in [0.29, 0.717) is 41.7 Å². The summed E-state index contributed by atoms with van der Waals surface area (Å²) in [6.07, 6.45) is 3.92. The monoisotopic (exact) mass is 340 g/mol. The highest BCUT2D eigenvalue weighted by molar-refractivity contribution is 5.47. The highest BCUT2D eigenvalue weighted by atomic mass is 16.5. The van der Waals surface area contributed by atoms with E-state index in [9.17, 15) is 0 Å². The summed E-state index contributed by atoms with van der Waals surface area (Å²) in [5.41, 5.74) is 3.01. The number of hydrogen-bond acceptors (Lipinski definition) is 7. The van der Waals surface area contributed by atoms with Crippen LogP contribution in [-0.2, 0) is 19.4 Å². The summed E-state index contributed by atoms with van der Waals surface area (Å²) >= 11 is 0. The van der Waals surface area contributed by atoms with Gasteiger partial charge in [0, 0.05) is 11.8 Å². The van der Waals surface area contributed by atoms with Crippen molar-refractivity contribution in [3.63, 3.8) is 0 Å². The van der Waals surface area contributed by atoms with Crippen LogP contribution >= 0.6 is 0 Å². The van der Waals surface area contributed by atoms with Crippen LogP contribution in [0.15, 0.2) is 23.0 Å². The fourth-order valence-corrected chi connectivity index (χ4v) is 3.12. The predicted molar refractivity (Wildman–Crippen MR) is 88.9 cm³/mol. The summed E-state index contributed by atoms with van der Waals surface area (Å²) in [6.45, 7) is 5.09. The van der Waals surface area contributed by atoms with Gasteiger partial charge in [0.1, 0.15) is 12.2 Å². The predicted octanol–water partition coefficient (Wildman–Crippen LogP) is 2.15. The maximum Gasteiger partial charge on any atom is 0.246 e. The van der Waals surface area contributed by atoms with Gasteiger partial charge in [-0.05, 0) is 30.7 Å². The average molecular weight is 340 g/mol. The van der Waals surface area contributed by atoms with Crippen LogP contribution < -0.4 is 4.74 Å². The molecule has 8 nitrogen and oxygen atoms in total. The number of methoxy groups -OCH3 is 1. The van der Waals surface area contributed by atoms with Gasteiger partial charge in [-0.2, -0.15) is 4.98 Å². The molecule has 1 aliphatic carbocycles. The van der Waals surface area contributed by atoms with Crippen molar-refractivity contribution in [1.82, 2.24) is 29.9 Å². The number of rotatable bonds is 4. The third-order valence-electron chi connectivity index (χ3n) is 4.89. The molecular formula is C17H20N6O2. The Balaban J connectivity index is 1.54. The minimum Gasteiger partial charge on any atom is -0.480 e. The third kappa shape index (κ3) is 2.99. The van der Waals surface area contributed by atoms with Crippen LogP contribution in [-0.4, -0.2) is 37.0 Å². The first-order valence-electron chi connectivity index (χ1n) is 8.37. The Kier molecular flexibility index (Phi) is 3.95. The fourth-order valence-electron chi connectivity index (χ4n) is 3.12. The number of ether oxygens (including phenoxy) is 1. The smallest absolute Gasteiger partial charge is 0.246 e. The number of nitrogens with zero attached hydrogens (tertiary/aromatic N) is 6. The lowest BCUT2D eigenvalue weighted by Crippen LogP contribution is -2.22. The highest BCUT2D eigenvalue weighted by Gasteiger charge is 2.26. The second-order valence-electron chi connectivity index (χ2n) is 6.60. The lowest BCUT2D eigenvalue weighted by atomic mass is 9.82. The lowest BCUT2D eigenvalue weighted by molar-refractivity contribution is 0.341.